The molecule has 27 heavy (non-hydrogen) atoms. The van der Waals surface area contributed by atoms with Crippen molar-refractivity contribution >= 4 is 35.0 Å². The molecule has 0 atom stereocenters. The van der Waals surface area contributed by atoms with E-state index in [0.717, 1.165) is 34.1 Å². The lowest BCUT2D eigenvalue weighted by Crippen LogP contribution is -2.35. The third kappa shape index (κ3) is 2.81. The summed E-state index contributed by atoms with van der Waals surface area (Å²) in [5.41, 5.74) is 0.126. The molecule has 7 heteroatoms. The fourth-order valence-electron chi connectivity index (χ4n) is 2.87. The number of para-hydroxylation sites is 2. The van der Waals surface area contributed by atoms with Gasteiger partial charge in [0.05, 0.1) is 5.69 Å². The summed E-state index contributed by atoms with van der Waals surface area (Å²) in [6, 6.07) is 13.4. The van der Waals surface area contributed by atoms with Gasteiger partial charge in [-0.25, -0.2) is 9.80 Å². The van der Waals surface area contributed by atoms with Crippen molar-refractivity contribution in [3.8, 4) is 11.5 Å². The number of rotatable bonds is 4. The number of imide groups is 2. The summed E-state index contributed by atoms with van der Waals surface area (Å²) in [5, 5.41) is 0. The van der Waals surface area contributed by atoms with Crippen LogP contribution >= 0.6 is 0 Å². The zero-order valence-corrected chi connectivity index (χ0v) is 13.9. The van der Waals surface area contributed by atoms with Gasteiger partial charge in [-0.15, -0.1) is 0 Å². The minimum absolute atomic E-state index is 0.0340. The number of hydrogen-bond donors (Lipinski definition) is 0. The maximum atomic E-state index is 12.3. The van der Waals surface area contributed by atoms with Crippen molar-refractivity contribution in [2.24, 2.45) is 0 Å². The van der Waals surface area contributed by atoms with E-state index in [2.05, 4.69) is 0 Å². The van der Waals surface area contributed by atoms with Gasteiger partial charge in [0.2, 0.25) is 0 Å². The molecule has 7 nitrogen and oxygen atoms in total. The SMILES string of the molecule is O=C1C=CC(=O)N1c1cccc(Oc2ccccc2)c1N1C(=O)C=CC1=O. The van der Waals surface area contributed by atoms with Crippen molar-refractivity contribution in [2.75, 3.05) is 9.80 Å². The van der Waals surface area contributed by atoms with Crippen molar-refractivity contribution in [1.29, 1.82) is 0 Å². The highest BCUT2D eigenvalue weighted by Gasteiger charge is 2.35. The molecule has 132 valence electrons. The van der Waals surface area contributed by atoms with E-state index in [1.54, 1.807) is 36.4 Å². The molecule has 2 heterocycles. The lowest BCUT2D eigenvalue weighted by molar-refractivity contribution is -0.122. The standard InChI is InChI=1S/C20H12N2O5/c23-16-9-10-17(24)21(16)14-7-4-8-15(27-13-5-2-1-3-6-13)20(14)22-18(25)11-12-19(22)26/h1-12H. The van der Waals surface area contributed by atoms with E-state index in [1.807, 2.05) is 6.07 Å². The van der Waals surface area contributed by atoms with Crippen molar-refractivity contribution < 1.29 is 23.9 Å². The van der Waals surface area contributed by atoms with Crippen molar-refractivity contribution in [3.05, 3.63) is 72.8 Å². The van der Waals surface area contributed by atoms with E-state index >= 15 is 0 Å². The first kappa shape index (κ1) is 16.5. The Bertz CT molecular complexity index is 1000. The smallest absolute Gasteiger partial charge is 0.258 e. The van der Waals surface area contributed by atoms with E-state index in [0.29, 0.717) is 5.75 Å². The molecule has 0 bridgehead atoms. The van der Waals surface area contributed by atoms with Gasteiger partial charge in [0.1, 0.15) is 11.4 Å². The molecule has 0 aliphatic carbocycles. The first-order valence-electron chi connectivity index (χ1n) is 8.04. The lowest BCUT2D eigenvalue weighted by atomic mass is 10.2. The second-order valence-corrected chi connectivity index (χ2v) is 5.73. The molecular formula is C20H12N2O5. The molecule has 0 spiro atoms. The monoisotopic (exact) mass is 360 g/mol. The Hall–Kier alpha value is -4.00. The van der Waals surface area contributed by atoms with Crippen LogP contribution in [0.1, 0.15) is 0 Å². The number of benzene rings is 2. The maximum Gasteiger partial charge on any atom is 0.258 e. The fraction of sp³-hybridized carbons (Fsp3) is 0. The van der Waals surface area contributed by atoms with Gasteiger partial charge in [0, 0.05) is 24.3 Å². The zero-order valence-electron chi connectivity index (χ0n) is 13.9. The molecule has 2 aromatic carbocycles. The molecule has 0 fully saturated rings. The third-order valence-corrected chi connectivity index (χ3v) is 4.03. The van der Waals surface area contributed by atoms with E-state index < -0.39 is 23.6 Å². The largest absolute Gasteiger partial charge is 0.455 e. The van der Waals surface area contributed by atoms with E-state index in [-0.39, 0.29) is 17.1 Å². The number of carbonyl (C=O) groups is 4. The first-order valence-corrected chi connectivity index (χ1v) is 8.04. The Morgan fingerprint density at radius 2 is 1.15 bits per heavy atom. The van der Waals surface area contributed by atoms with Crippen LogP contribution in [0.5, 0.6) is 11.5 Å². The van der Waals surface area contributed by atoms with Gasteiger partial charge in [-0.3, -0.25) is 19.2 Å². The van der Waals surface area contributed by atoms with Crippen LogP contribution in [0.15, 0.2) is 72.8 Å². The molecule has 2 aliphatic heterocycles. The molecule has 2 aliphatic rings. The second-order valence-electron chi connectivity index (χ2n) is 5.73. The van der Waals surface area contributed by atoms with Gasteiger partial charge in [-0.2, -0.15) is 0 Å². The number of anilines is 2. The van der Waals surface area contributed by atoms with Crippen LogP contribution in [0, 0.1) is 0 Å². The van der Waals surface area contributed by atoms with Gasteiger partial charge in [-0.05, 0) is 24.3 Å². The van der Waals surface area contributed by atoms with Crippen molar-refractivity contribution in [2.45, 2.75) is 0 Å². The highest BCUT2D eigenvalue weighted by Crippen LogP contribution is 2.42. The van der Waals surface area contributed by atoms with Crippen LogP contribution in [0.4, 0.5) is 11.4 Å². The van der Waals surface area contributed by atoms with Crippen LogP contribution in [-0.2, 0) is 19.2 Å². The number of amides is 4. The molecule has 0 saturated heterocycles. The number of hydrogen-bond acceptors (Lipinski definition) is 5. The Morgan fingerprint density at radius 1 is 0.593 bits per heavy atom. The predicted octanol–water partition coefficient (Wildman–Crippen LogP) is 2.34. The molecule has 0 radical (unpaired) electrons. The van der Waals surface area contributed by atoms with Gasteiger partial charge in [0.15, 0.2) is 5.75 Å². The van der Waals surface area contributed by atoms with Crippen LogP contribution in [0.25, 0.3) is 0 Å². The minimum atomic E-state index is -0.586. The topological polar surface area (TPSA) is 84.0 Å². The summed E-state index contributed by atoms with van der Waals surface area (Å²) in [6.07, 6.45) is 4.50. The summed E-state index contributed by atoms with van der Waals surface area (Å²) in [6.45, 7) is 0. The molecule has 4 amide bonds. The Kier molecular flexibility index (Phi) is 3.89. The summed E-state index contributed by atoms with van der Waals surface area (Å²) in [7, 11) is 0. The minimum Gasteiger partial charge on any atom is -0.455 e. The molecule has 0 saturated carbocycles. The van der Waals surface area contributed by atoms with Crippen LogP contribution in [-0.4, -0.2) is 23.6 Å². The predicted molar refractivity (Wildman–Crippen MR) is 96.2 cm³/mol. The Labute approximate surface area is 153 Å². The van der Waals surface area contributed by atoms with E-state index in [1.165, 1.54) is 6.07 Å². The molecule has 0 unspecified atom stereocenters. The van der Waals surface area contributed by atoms with Gasteiger partial charge >= 0.3 is 0 Å². The van der Waals surface area contributed by atoms with E-state index in [4.69, 9.17) is 4.74 Å². The average Bonchev–Trinajstić information content (AvgIpc) is 3.17. The summed E-state index contributed by atoms with van der Waals surface area (Å²) in [5.74, 6) is -1.66. The number of carbonyl (C=O) groups excluding carboxylic acids is 4. The Morgan fingerprint density at radius 3 is 1.74 bits per heavy atom. The normalized spacial score (nSPS) is 16.0. The van der Waals surface area contributed by atoms with Gasteiger partial charge in [-0.1, -0.05) is 24.3 Å². The first-order chi connectivity index (χ1) is 13.1. The number of nitrogens with zero attached hydrogens (tertiary/aromatic N) is 2. The van der Waals surface area contributed by atoms with Gasteiger partial charge < -0.3 is 4.74 Å². The molecule has 4 rings (SSSR count). The Balaban J connectivity index is 1.88. The van der Waals surface area contributed by atoms with E-state index in [9.17, 15) is 19.2 Å². The molecule has 0 aromatic heterocycles. The molecular weight excluding hydrogens is 348 g/mol. The van der Waals surface area contributed by atoms with Crippen LogP contribution in [0.3, 0.4) is 0 Å². The molecule has 0 N–H and O–H groups in total. The lowest BCUT2D eigenvalue weighted by Gasteiger charge is -2.25. The highest BCUT2D eigenvalue weighted by atomic mass is 16.5. The van der Waals surface area contributed by atoms with Gasteiger partial charge in [0.25, 0.3) is 23.6 Å². The summed E-state index contributed by atoms with van der Waals surface area (Å²) in [4.78, 5) is 50.7. The zero-order chi connectivity index (χ0) is 19.0. The maximum absolute atomic E-state index is 12.3. The third-order valence-electron chi connectivity index (χ3n) is 4.03. The molecule has 2 aromatic rings. The summed E-state index contributed by atoms with van der Waals surface area (Å²) >= 11 is 0. The van der Waals surface area contributed by atoms with Crippen LogP contribution in [0.2, 0.25) is 0 Å². The van der Waals surface area contributed by atoms with Crippen molar-refractivity contribution in [3.63, 3.8) is 0 Å². The second kappa shape index (κ2) is 6.38. The van der Waals surface area contributed by atoms with Crippen molar-refractivity contribution in [1.82, 2.24) is 0 Å². The fourth-order valence-corrected chi connectivity index (χ4v) is 2.87. The quantitative estimate of drug-likeness (QED) is 0.782. The van der Waals surface area contributed by atoms with Crippen LogP contribution < -0.4 is 14.5 Å². The average molecular weight is 360 g/mol. The summed E-state index contributed by atoms with van der Waals surface area (Å²) < 4.78 is 5.85. The highest BCUT2D eigenvalue weighted by molar-refractivity contribution is 6.33. The number of ether oxygens (including phenoxy) is 1.